The van der Waals surface area contributed by atoms with Crippen LogP contribution < -0.4 is 0 Å². The Kier molecular flexibility index (Phi) is 3.15. The summed E-state index contributed by atoms with van der Waals surface area (Å²) in [5.74, 6) is 0.161. The van der Waals surface area contributed by atoms with Gasteiger partial charge in [0.05, 0.1) is 5.25 Å². The lowest BCUT2D eigenvalue weighted by molar-refractivity contribution is 0.0988. The molecule has 1 heterocycles. The molecular formula is C16H14O2S. The van der Waals surface area contributed by atoms with E-state index in [9.17, 15) is 9.59 Å². The maximum Gasteiger partial charge on any atom is 0.191 e. The van der Waals surface area contributed by atoms with E-state index in [-0.39, 0.29) is 16.8 Å². The van der Waals surface area contributed by atoms with Gasteiger partial charge in [0.15, 0.2) is 11.6 Å². The first-order chi connectivity index (χ1) is 9.20. The number of hydrogen-bond acceptors (Lipinski definition) is 3. The van der Waals surface area contributed by atoms with Crippen molar-refractivity contribution in [2.24, 2.45) is 0 Å². The zero-order valence-electron chi connectivity index (χ0n) is 10.7. The van der Waals surface area contributed by atoms with Crippen molar-refractivity contribution in [2.75, 3.05) is 0 Å². The van der Waals surface area contributed by atoms with E-state index in [0.29, 0.717) is 17.5 Å². The molecule has 96 valence electrons. The van der Waals surface area contributed by atoms with Gasteiger partial charge < -0.3 is 0 Å². The van der Waals surface area contributed by atoms with Crippen LogP contribution in [0.3, 0.4) is 0 Å². The highest BCUT2D eigenvalue weighted by atomic mass is 32.2. The molecule has 1 unspecified atom stereocenters. The molecule has 1 aliphatic heterocycles. The summed E-state index contributed by atoms with van der Waals surface area (Å²) in [4.78, 5) is 25.2. The van der Waals surface area contributed by atoms with Gasteiger partial charge >= 0.3 is 0 Å². The van der Waals surface area contributed by atoms with Gasteiger partial charge in [-0.1, -0.05) is 31.2 Å². The maximum absolute atomic E-state index is 12.5. The molecule has 19 heavy (non-hydrogen) atoms. The van der Waals surface area contributed by atoms with Gasteiger partial charge in [-0.3, -0.25) is 9.59 Å². The summed E-state index contributed by atoms with van der Waals surface area (Å²) in [5.41, 5.74) is 2.18. The first-order valence-corrected chi connectivity index (χ1v) is 7.34. The Labute approximate surface area is 116 Å². The third kappa shape index (κ3) is 2.08. The van der Waals surface area contributed by atoms with Crippen molar-refractivity contribution in [3.63, 3.8) is 0 Å². The van der Waals surface area contributed by atoms with Gasteiger partial charge in [-0.15, -0.1) is 11.8 Å². The SMILES string of the molecule is CCC(=O)c1ccc2c(c1)C(=O)C1=CCC=CC1S2. The van der Waals surface area contributed by atoms with E-state index >= 15 is 0 Å². The summed E-state index contributed by atoms with van der Waals surface area (Å²) >= 11 is 1.69. The monoisotopic (exact) mass is 270 g/mol. The number of fused-ring (bicyclic) bond motifs is 2. The Hall–Kier alpha value is -1.61. The summed E-state index contributed by atoms with van der Waals surface area (Å²) in [6, 6.07) is 5.48. The Bertz CT molecular complexity index is 626. The summed E-state index contributed by atoms with van der Waals surface area (Å²) in [5, 5.41) is 0.140. The van der Waals surface area contributed by atoms with Crippen molar-refractivity contribution in [3.8, 4) is 0 Å². The predicted molar refractivity (Wildman–Crippen MR) is 76.9 cm³/mol. The van der Waals surface area contributed by atoms with Crippen LogP contribution in [0, 0.1) is 0 Å². The number of thioether (sulfide) groups is 1. The van der Waals surface area contributed by atoms with E-state index in [4.69, 9.17) is 0 Å². The fourth-order valence-corrected chi connectivity index (χ4v) is 3.64. The molecule has 0 spiro atoms. The summed E-state index contributed by atoms with van der Waals surface area (Å²) < 4.78 is 0. The molecule has 0 N–H and O–H groups in total. The minimum Gasteiger partial charge on any atom is -0.294 e. The molecule has 0 bridgehead atoms. The Morgan fingerprint density at radius 1 is 1.42 bits per heavy atom. The van der Waals surface area contributed by atoms with E-state index in [1.807, 2.05) is 25.1 Å². The number of carbonyl (C=O) groups is 2. The van der Waals surface area contributed by atoms with Gasteiger partial charge in [-0.05, 0) is 18.6 Å². The molecule has 0 saturated heterocycles. The van der Waals surface area contributed by atoms with E-state index in [2.05, 4.69) is 12.2 Å². The number of rotatable bonds is 2. The first-order valence-electron chi connectivity index (χ1n) is 6.46. The van der Waals surface area contributed by atoms with Crippen LogP contribution in [0.4, 0.5) is 0 Å². The van der Waals surface area contributed by atoms with Crippen molar-refractivity contribution < 1.29 is 9.59 Å². The Balaban J connectivity index is 2.06. The second kappa shape index (κ2) is 4.82. The average molecular weight is 270 g/mol. The minimum absolute atomic E-state index is 0.0776. The van der Waals surface area contributed by atoms with Crippen LogP contribution in [0.25, 0.3) is 0 Å². The highest BCUT2D eigenvalue weighted by Crippen LogP contribution is 2.40. The molecular weight excluding hydrogens is 256 g/mol. The molecule has 2 nitrogen and oxygen atoms in total. The lowest BCUT2D eigenvalue weighted by Crippen LogP contribution is -2.21. The van der Waals surface area contributed by atoms with Gasteiger partial charge in [-0.2, -0.15) is 0 Å². The lowest BCUT2D eigenvalue weighted by atomic mass is 9.94. The Morgan fingerprint density at radius 2 is 2.26 bits per heavy atom. The largest absolute Gasteiger partial charge is 0.294 e. The van der Waals surface area contributed by atoms with Crippen LogP contribution in [-0.2, 0) is 0 Å². The van der Waals surface area contributed by atoms with Crippen LogP contribution in [0.1, 0.15) is 40.5 Å². The summed E-state index contributed by atoms with van der Waals surface area (Å²) in [6.45, 7) is 1.84. The van der Waals surface area contributed by atoms with E-state index < -0.39 is 0 Å². The van der Waals surface area contributed by atoms with Crippen LogP contribution >= 0.6 is 11.8 Å². The second-order valence-electron chi connectivity index (χ2n) is 4.68. The molecule has 1 atom stereocenters. The molecule has 1 aromatic rings. The average Bonchev–Trinajstić information content (AvgIpc) is 2.46. The van der Waals surface area contributed by atoms with Crippen molar-refractivity contribution in [3.05, 3.63) is 53.1 Å². The van der Waals surface area contributed by atoms with Gasteiger partial charge in [0.2, 0.25) is 0 Å². The highest BCUT2D eigenvalue weighted by Gasteiger charge is 2.30. The summed E-state index contributed by atoms with van der Waals surface area (Å²) in [6.07, 6.45) is 7.47. The molecule has 1 aliphatic carbocycles. The maximum atomic E-state index is 12.5. The number of allylic oxidation sites excluding steroid dienone is 2. The van der Waals surface area contributed by atoms with Crippen LogP contribution in [0.15, 0.2) is 46.9 Å². The zero-order valence-corrected chi connectivity index (χ0v) is 11.5. The Morgan fingerprint density at radius 3 is 3.05 bits per heavy atom. The molecule has 0 radical (unpaired) electrons. The van der Waals surface area contributed by atoms with Crippen LogP contribution in [0.2, 0.25) is 0 Å². The molecule has 0 aromatic heterocycles. The first kappa shape index (κ1) is 12.4. The number of benzene rings is 1. The number of ketones is 2. The van der Waals surface area contributed by atoms with Gasteiger partial charge in [0, 0.05) is 28.0 Å². The van der Waals surface area contributed by atoms with Crippen molar-refractivity contribution >= 4 is 23.3 Å². The molecule has 2 aliphatic rings. The second-order valence-corrected chi connectivity index (χ2v) is 5.86. The van der Waals surface area contributed by atoms with Gasteiger partial charge in [-0.25, -0.2) is 0 Å². The number of carbonyl (C=O) groups excluding carboxylic acids is 2. The van der Waals surface area contributed by atoms with E-state index in [0.717, 1.165) is 16.9 Å². The predicted octanol–water partition coefficient (Wildman–Crippen LogP) is 3.82. The smallest absolute Gasteiger partial charge is 0.191 e. The molecule has 1 aromatic carbocycles. The number of Topliss-reactive ketones (excluding diaryl/α,β-unsaturated/α-hetero) is 2. The van der Waals surface area contributed by atoms with Crippen molar-refractivity contribution in [2.45, 2.75) is 29.9 Å². The molecule has 0 saturated carbocycles. The third-order valence-electron chi connectivity index (χ3n) is 3.47. The quantitative estimate of drug-likeness (QED) is 0.605. The normalized spacial score (nSPS) is 20.6. The van der Waals surface area contributed by atoms with E-state index in [1.54, 1.807) is 17.8 Å². The fourth-order valence-electron chi connectivity index (χ4n) is 2.42. The zero-order chi connectivity index (χ0) is 13.4. The molecule has 3 heteroatoms. The van der Waals surface area contributed by atoms with Gasteiger partial charge in [0.1, 0.15) is 0 Å². The minimum atomic E-state index is 0.0776. The van der Waals surface area contributed by atoms with Crippen LogP contribution in [-0.4, -0.2) is 16.8 Å². The standard InChI is InChI=1S/C16H14O2S/c1-2-13(17)10-7-8-15-12(9-10)16(18)11-5-3-4-6-14(11)19-15/h4-9,14H,2-3H2,1H3. The fraction of sp³-hybridized carbons (Fsp3) is 0.250. The van der Waals surface area contributed by atoms with Crippen LogP contribution in [0.5, 0.6) is 0 Å². The van der Waals surface area contributed by atoms with Gasteiger partial charge in [0.25, 0.3) is 0 Å². The molecule has 0 fully saturated rings. The lowest BCUT2D eigenvalue weighted by Gasteiger charge is -2.25. The number of hydrogen-bond donors (Lipinski definition) is 0. The van der Waals surface area contributed by atoms with Crippen molar-refractivity contribution in [1.82, 2.24) is 0 Å². The highest BCUT2D eigenvalue weighted by molar-refractivity contribution is 8.00. The molecule has 3 rings (SSSR count). The third-order valence-corrected chi connectivity index (χ3v) is 4.75. The topological polar surface area (TPSA) is 34.1 Å². The van der Waals surface area contributed by atoms with Crippen molar-refractivity contribution in [1.29, 1.82) is 0 Å². The van der Waals surface area contributed by atoms with E-state index in [1.165, 1.54) is 0 Å². The summed E-state index contributed by atoms with van der Waals surface area (Å²) in [7, 11) is 0. The molecule has 0 amide bonds.